The summed E-state index contributed by atoms with van der Waals surface area (Å²) >= 11 is 0. The number of nitrogens with zero attached hydrogens (tertiary/aromatic N) is 1. The van der Waals surface area contributed by atoms with Crippen molar-refractivity contribution in [3.05, 3.63) is 54.1 Å². The number of benzene rings is 2. The summed E-state index contributed by atoms with van der Waals surface area (Å²) < 4.78 is 15.9. The molecule has 0 atom stereocenters. The predicted octanol–water partition coefficient (Wildman–Crippen LogP) is 3.01. The zero-order valence-corrected chi connectivity index (χ0v) is 14.4. The van der Waals surface area contributed by atoms with Crippen LogP contribution in [-0.4, -0.2) is 32.4 Å². The quantitative estimate of drug-likeness (QED) is 0.562. The van der Waals surface area contributed by atoms with Gasteiger partial charge in [-0.25, -0.2) is 5.43 Å². The van der Waals surface area contributed by atoms with E-state index in [1.54, 1.807) is 37.6 Å². The number of rotatable bonds is 9. The Morgan fingerprint density at radius 2 is 1.60 bits per heavy atom. The molecule has 6 nitrogen and oxygen atoms in total. The molecule has 0 aromatic heterocycles. The molecular weight excluding hydrogens is 320 g/mol. The Labute approximate surface area is 147 Å². The summed E-state index contributed by atoms with van der Waals surface area (Å²) in [7, 11) is 1.59. The van der Waals surface area contributed by atoms with Crippen LogP contribution in [0.5, 0.6) is 17.2 Å². The average Bonchev–Trinajstić information content (AvgIpc) is 2.66. The molecule has 2 aromatic carbocycles. The highest BCUT2D eigenvalue weighted by molar-refractivity contribution is 5.83. The van der Waals surface area contributed by atoms with Gasteiger partial charge < -0.3 is 14.2 Å². The highest BCUT2D eigenvalue weighted by Gasteiger charge is 2.01. The van der Waals surface area contributed by atoms with Crippen LogP contribution >= 0.6 is 0 Å². The van der Waals surface area contributed by atoms with E-state index < -0.39 is 0 Å². The van der Waals surface area contributed by atoms with Gasteiger partial charge >= 0.3 is 0 Å². The van der Waals surface area contributed by atoms with Crippen LogP contribution in [0.25, 0.3) is 0 Å². The molecule has 0 aliphatic carbocycles. The van der Waals surface area contributed by atoms with Crippen LogP contribution in [0.15, 0.2) is 53.6 Å². The number of ether oxygens (including phenoxy) is 3. The first-order valence-corrected chi connectivity index (χ1v) is 8.03. The van der Waals surface area contributed by atoms with E-state index in [-0.39, 0.29) is 12.5 Å². The van der Waals surface area contributed by atoms with Gasteiger partial charge in [-0.05, 0) is 60.5 Å². The van der Waals surface area contributed by atoms with Crippen molar-refractivity contribution in [1.82, 2.24) is 5.43 Å². The Bertz CT molecular complexity index is 682. The second-order valence-electron chi connectivity index (χ2n) is 5.17. The fraction of sp³-hybridized carbons (Fsp3) is 0.263. The molecule has 0 heterocycles. The third-order valence-electron chi connectivity index (χ3n) is 3.19. The zero-order valence-electron chi connectivity index (χ0n) is 14.4. The molecule has 0 fully saturated rings. The summed E-state index contributed by atoms with van der Waals surface area (Å²) in [6, 6.07) is 14.5. The highest BCUT2D eigenvalue weighted by Crippen LogP contribution is 2.16. The summed E-state index contributed by atoms with van der Waals surface area (Å²) in [6.45, 7) is 2.63. The number of nitrogens with one attached hydrogen (secondary N) is 1. The maximum absolute atomic E-state index is 11.7. The van der Waals surface area contributed by atoms with Gasteiger partial charge in [-0.3, -0.25) is 4.79 Å². The van der Waals surface area contributed by atoms with E-state index in [0.29, 0.717) is 12.4 Å². The molecule has 0 bridgehead atoms. The van der Waals surface area contributed by atoms with Crippen molar-refractivity contribution >= 4 is 12.1 Å². The molecule has 0 unspecified atom stereocenters. The van der Waals surface area contributed by atoms with Gasteiger partial charge in [-0.1, -0.05) is 6.92 Å². The first-order valence-electron chi connectivity index (χ1n) is 8.03. The van der Waals surface area contributed by atoms with Crippen molar-refractivity contribution in [3.8, 4) is 17.2 Å². The Balaban J connectivity index is 1.73. The molecule has 132 valence electrons. The summed E-state index contributed by atoms with van der Waals surface area (Å²) in [5.41, 5.74) is 3.28. The van der Waals surface area contributed by atoms with Gasteiger partial charge in [-0.2, -0.15) is 5.10 Å². The van der Waals surface area contributed by atoms with Crippen molar-refractivity contribution < 1.29 is 19.0 Å². The van der Waals surface area contributed by atoms with Crippen molar-refractivity contribution in [2.45, 2.75) is 13.3 Å². The number of methoxy groups -OCH3 is 1. The molecule has 1 N–H and O–H groups in total. The first kappa shape index (κ1) is 18.3. The van der Waals surface area contributed by atoms with Crippen LogP contribution in [0.1, 0.15) is 18.9 Å². The second kappa shape index (κ2) is 9.97. The van der Waals surface area contributed by atoms with Crippen LogP contribution in [0.4, 0.5) is 0 Å². The van der Waals surface area contributed by atoms with Crippen LogP contribution in [-0.2, 0) is 4.79 Å². The molecule has 0 aliphatic heterocycles. The van der Waals surface area contributed by atoms with Crippen molar-refractivity contribution in [2.24, 2.45) is 5.10 Å². The van der Waals surface area contributed by atoms with Gasteiger partial charge in [0, 0.05) is 0 Å². The van der Waals surface area contributed by atoms with Crippen LogP contribution < -0.4 is 19.6 Å². The van der Waals surface area contributed by atoms with E-state index in [9.17, 15) is 4.79 Å². The topological polar surface area (TPSA) is 69.2 Å². The molecule has 2 rings (SSSR count). The van der Waals surface area contributed by atoms with Gasteiger partial charge in [0.25, 0.3) is 5.91 Å². The Morgan fingerprint density at radius 1 is 1.00 bits per heavy atom. The lowest BCUT2D eigenvalue weighted by molar-refractivity contribution is -0.123. The van der Waals surface area contributed by atoms with Crippen molar-refractivity contribution in [1.29, 1.82) is 0 Å². The first-order chi connectivity index (χ1) is 12.2. The summed E-state index contributed by atoms with van der Waals surface area (Å²) in [4.78, 5) is 11.7. The smallest absolute Gasteiger partial charge is 0.277 e. The van der Waals surface area contributed by atoms with E-state index in [0.717, 1.165) is 23.5 Å². The molecule has 0 saturated carbocycles. The number of hydrazone groups is 1. The van der Waals surface area contributed by atoms with Gasteiger partial charge in [-0.15, -0.1) is 0 Å². The normalized spacial score (nSPS) is 10.5. The largest absolute Gasteiger partial charge is 0.497 e. The Morgan fingerprint density at radius 3 is 2.24 bits per heavy atom. The van der Waals surface area contributed by atoms with Crippen LogP contribution in [0.2, 0.25) is 0 Å². The second-order valence-corrected chi connectivity index (χ2v) is 5.17. The van der Waals surface area contributed by atoms with E-state index in [4.69, 9.17) is 14.2 Å². The van der Waals surface area contributed by atoms with E-state index in [2.05, 4.69) is 17.5 Å². The molecular formula is C19H22N2O4. The zero-order chi connectivity index (χ0) is 17.9. The molecule has 0 spiro atoms. The van der Waals surface area contributed by atoms with Crippen LogP contribution in [0, 0.1) is 0 Å². The van der Waals surface area contributed by atoms with Crippen molar-refractivity contribution in [3.63, 3.8) is 0 Å². The van der Waals surface area contributed by atoms with Gasteiger partial charge in [0.1, 0.15) is 17.2 Å². The van der Waals surface area contributed by atoms with Gasteiger partial charge in [0.15, 0.2) is 6.61 Å². The molecule has 0 radical (unpaired) electrons. The predicted molar refractivity (Wildman–Crippen MR) is 96.5 cm³/mol. The third-order valence-corrected chi connectivity index (χ3v) is 3.19. The van der Waals surface area contributed by atoms with E-state index in [1.807, 2.05) is 24.3 Å². The summed E-state index contributed by atoms with van der Waals surface area (Å²) in [5.74, 6) is 1.79. The van der Waals surface area contributed by atoms with Gasteiger partial charge in [0.2, 0.25) is 0 Å². The van der Waals surface area contributed by atoms with Crippen LogP contribution in [0.3, 0.4) is 0 Å². The summed E-state index contributed by atoms with van der Waals surface area (Å²) in [5, 5.41) is 3.91. The maximum Gasteiger partial charge on any atom is 0.277 e. The van der Waals surface area contributed by atoms with E-state index in [1.165, 1.54) is 0 Å². The molecule has 25 heavy (non-hydrogen) atoms. The fourth-order valence-corrected chi connectivity index (χ4v) is 1.90. The van der Waals surface area contributed by atoms with E-state index >= 15 is 0 Å². The van der Waals surface area contributed by atoms with Gasteiger partial charge in [0.05, 0.1) is 19.9 Å². The third kappa shape index (κ3) is 6.55. The Hall–Kier alpha value is -3.02. The number of carbonyl (C=O) groups excluding carboxylic acids is 1. The Kier molecular flexibility index (Phi) is 7.31. The molecule has 1 amide bonds. The summed E-state index contributed by atoms with van der Waals surface area (Å²) in [6.07, 6.45) is 2.53. The number of hydrogen-bond acceptors (Lipinski definition) is 5. The lowest BCUT2D eigenvalue weighted by Gasteiger charge is -2.06. The monoisotopic (exact) mass is 342 g/mol. The maximum atomic E-state index is 11.7. The molecule has 0 aliphatic rings. The minimum Gasteiger partial charge on any atom is -0.497 e. The average molecular weight is 342 g/mol. The molecule has 6 heteroatoms. The highest BCUT2D eigenvalue weighted by atomic mass is 16.5. The fourth-order valence-electron chi connectivity index (χ4n) is 1.90. The standard InChI is InChI=1S/C19H22N2O4/c1-3-12-24-17-6-4-15(5-7-17)13-20-21-19(22)14-25-18-10-8-16(23-2)9-11-18/h4-11,13H,3,12,14H2,1-2H3,(H,21,22)/b20-13-. The molecule has 2 aromatic rings. The minimum atomic E-state index is -0.338. The number of carbonyl (C=O) groups is 1. The number of hydrogen-bond donors (Lipinski definition) is 1. The van der Waals surface area contributed by atoms with Crippen molar-refractivity contribution in [2.75, 3.05) is 20.3 Å². The minimum absolute atomic E-state index is 0.118. The SMILES string of the molecule is CCCOc1ccc(/C=N\NC(=O)COc2ccc(OC)cc2)cc1. The number of amides is 1. The lowest BCUT2D eigenvalue weighted by Crippen LogP contribution is -2.24. The molecule has 0 saturated heterocycles. The lowest BCUT2D eigenvalue weighted by atomic mass is 10.2.